The van der Waals surface area contributed by atoms with E-state index in [2.05, 4.69) is 10.4 Å². The van der Waals surface area contributed by atoms with Crippen molar-refractivity contribution in [2.45, 2.75) is 20.4 Å². The highest BCUT2D eigenvalue weighted by molar-refractivity contribution is 6.31. The molecule has 8 heteroatoms. The number of hydrogen-bond donors (Lipinski definition) is 1. The molecule has 150 valence electrons. The van der Waals surface area contributed by atoms with Crippen molar-refractivity contribution in [1.82, 2.24) is 15.1 Å². The zero-order chi connectivity index (χ0) is 20.5. The Labute approximate surface area is 169 Å². The first kappa shape index (κ1) is 21.7. The Morgan fingerprint density at radius 1 is 1.25 bits per heavy atom. The lowest BCUT2D eigenvalue weighted by atomic mass is 10.1. The number of aryl methyl sites for hydroxylation is 2. The quantitative estimate of drug-likeness (QED) is 0.394. The Morgan fingerprint density at radius 3 is 2.64 bits per heavy atom. The number of benzene rings is 1. The minimum absolute atomic E-state index is 0.355. The second-order valence-corrected chi connectivity index (χ2v) is 6.57. The van der Waals surface area contributed by atoms with Gasteiger partial charge in [-0.25, -0.2) is 9.48 Å². The van der Waals surface area contributed by atoms with E-state index in [-0.39, 0.29) is 12.5 Å². The number of nitrogens with one attached hydrogen (secondary N) is 1. The SMILES string of the molecule is COCCNC(=O)COC(=O)/C=C/c1c(C)nn(Cc2ccc(C)cc2)c1Cl. The lowest BCUT2D eigenvalue weighted by Gasteiger charge is -2.04. The van der Waals surface area contributed by atoms with E-state index in [0.29, 0.717) is 36.1 Å². The summed E-state index contributed by atoms with van der Waals surface area (Å²) in [4.78, 5) is 23.3. The Balaban J connectivity index is 1.94. The number of rotatable bonds is 9. The van der Waals surface area contributed by atoms with Crippen LogP contribution in [0.25, 0.3) is 6.08 Å². The van der Waals surface area contributed by atoms with E-state index in [0.717, 1.165) is 5.56 Å². The zero-order valence-corrected chi connectivity index (χ0v) is 17.0. The smallest absolute Gasteiger partial charge is 0.331 e. The first-order chi connectivity index (χ1) is 13.4. The van der Waals surface area contributed by atoms with Crippen LogP contribution in [0.3, 0.4) is 0 Å². The number of ether oxygens (including phenoxy) is 2. The molecule has 1 aromatic heterocycles. The summed E-state index contributed by atoms with van der Waals surface area (Å²) in [6.07, 6.45) is 2.77. The second-order valence-electron chi connectivity index (χ2n) is 6.22. The van der Waals surface area contributed by atoms with Gasteiger partial charge in [-0.2, -0.15) is 5.10 Å². The standard InChI is InChI=1S/C20H24ClN3O4/c1-14-4-6-16(7-5-14)12-24-20(21)17(15(2)23-24)8-9-19(26)28-13-18(25)22-10-11-27-3/h4-9H,10-13H2,1-3H3,(H,22,25)/b9-8+. The highest BCUT2D eigenvalue weighted by Crippen LogP contribution is 2.22. The highest BCUT2D eigenvalue weighted by atomic mass is 35.5. The second kappa shape index (κ2) is 10.6. The molecule has 1 aromatic carbocycles. The molecule has 0 spiro atoms. The number of carbonyl (C=O) groups is 2. The molecule has 2 rings (SSSR count). The normalized spacial score (nSPS) is 11.0. The third-order valence-electron chi connectivity index (χ3n) is 3.92. The van der Waals surface area contributed by atoms with Crippen molar-refractivity contribution in [2.75, 3.05) is 26.9 Å². The van der Waals surface area contributed by atoms with Gasteiger partial charge in [0.25, 0.3) is 5.91 Å². The van der Waals surface area contributed by atoms with Crippen molar-refractivity contribution in [3.05, 3.63) is 57.9 Å². The molecule has 0 fully saturated rings. The molecule has 0 aliphatic carbocycles. The monoisotopic (exact) mass is 405 g/mol. The van der Waals surface area contributed by atoms with Gasteiger partial charge >= 0.3 is 5.97 Å². The molecule has 0 unspecified atom stereocenters. The number of esters is 1. The topological polar surface area (TPSA) is 82.4 Å². The van der Waals surface area contributed by atoms with E-state index in [1.165, 1.54) is 18.7 Å². The van der Waals surface area contributed by atoms with Crippen LogP contribution < -0.4 is 5.32 Å². The number of nitrogens with zero attached hydrogens (tertiary/aromatic N) is 2. The molecule has 1 N–H and O–H groups in total. The fourth-order valence-corrected chi connectivity index (χ4v) is 2.70. The summed E-state index contributed by atoms with van der Waals surface area (Å²) in [5.41, 5.74) is 3.58. The molecule has 0 aliphatic rings. The molecule has 0 radical (unpaired) electrons. The minimum Gasteiger partial charge on any atom is -0.452 e. The van der Waals surface area contributed by atoms with E-state index in [4.69, 9.17) is 21.1 Å². The molecule has 0 saturated carbocycles. The van der Waals surface area contributed by atoms with E-state index >= 15 is 0 Å². The van der Waals surface area contributed by atoms with Crippen LogP contribution in [0.1, 0.15) is 22.4 Å². The number of methoxy groups -OCH3 is 1. The first-order valence-corrected chi connectivity index (χ1v) is 9.17. The van der Waals surface area contributed by atoms with Crippen LogP contribution in [-0.4, -0.2) is 48.5 Å². The van der Waals surface area contributed by atoms with Crippen LogP contribution in [0.4, 0.5) is 0 Å². The van der Waals surface area contributed by atoms with Gasteiger partial charge in [-0.1, -0.05) is 41.4 Å². The fourth-order valence-electron chi connectivity index (χ4n) is 2.41. The molecule has 7 nitrogen and oxygen atoms in total. The molecule has 0 bridgehead atoms. The summed E-state index contributed by atoms with van der Waals surface area (Å²) in [5.74, 6) is -1.03. The molecule has 0 atom stereocenters. The summed E-state index contributed by atoms with van der Waals surface area (Å²) < 4.78 is 11.4. The van der Waals surface area contributed by atoms with Crippen molar-refractivity contribution < 1.29 is 19.1 Å². The summed E-state index contributed by atoms with van der Waals surface area (Å²) in [5, 5.41) is 7.42. The predicted molar refractivity (Wildman–Crippen MR) is 107 cm³/mol. The molecule has 1 amide bonds. The maximum Gasteiger partial charge on any atom is 0.331 e. The molecule has 1 heterocycles. The number of hydrogen-bond acceptors (Lipinski definition) is 5. The van der Waals surface area contributed by atoms with Crippen molar-refractivity contribution in [2.24, 2.45) is 0 Å². The average Bonchev–Trinajstić information content (AvgIpc) is 2.93. The van der Waals surface area contributed by atoms with Gasteiger partial charge in [-0.15, -0.1) is 0 Å². The Bertz CT molecular complexity index is 844. The van der Waals surface area contributed by atoms with Crippen LogP contribution in [-0.2, 0) is 25.6 Å². The van der Waals surface area contributed by atoms with E-state index in [9.17, 15) is 9.59 Å². The highest BCUT2D eigenvalue weighted by Gasteiger charge is 2.12. The van der Waals surface area contributed by atoms with Crippen LogP contribution in [0, 0.1) is 13.8 Å². The van der Waals surface area contributed by atoms with Crippen molar-refractivity contribution in [1.29, 1.82) is 0 Å². The van der Waals surface area contributed by atoms with Gasteiger partial charge in [0.15, 0.2) is 6.61 Å². The van der Waals surface area contributed by atoms with Crippen molar-refractivity contribution in [3.8, 4) is 0 Å². The molecule has 28 heavy (non-hydrogen) atoms. The van der Waals surface area contributed by atoms with Crippen LogP contribution in [0.2, 0.25) is 5.15 Å². The summed E-state index contributed by atoms with van der Waals surface area (Å²) in [6.45, 7) is 4.76. The Kier molecular flexibility index (Phi) is 8.22. The van der Waals surface area contributed by atoms with Gasteiger partial charge in [0.1, 0.15) is 5.15 Å². The summed E-state index contributed by atoms with van der Waals surface area (Å²) >= 11 is 6.41. The number of aromatic nitrogens is 2. The molecule has 0 saturated heterocycles. The van der Waals surface area contributed by atoms with Gasteiger partial charge in [-0.3, -0.25) is 4.79 Å². The average molecular weight is 406 g/mol. The summed E-state index contributed by atoms with van der Waals surface area (Å²) in [6, 6.07) is 8.10. The van der Waals surface area contributed by atoms with Gasteiger partial charge in [0, 0.05) is 25.3 Å². The fraction of sp³-hybridized carbons (Fsp3) is 0.350. The number of amides is 1. The largest absolute Gasteiger partial charge is 0.452 e. The van der Waals surface area contributed by atoms with Gasteiger partial charge in [0.2, 0.25) is 0 Å². The van der Waals surface area contributed by atoms with E-state index in [1.807, 2.05) is 38.1 Å². The molecule has 2 aromatic rings. The van der Waals surface area contributed by atoms with Gasteiger partial charge in [-0.05, 0) is 25.5 Å². The zero-order valence-electron chi connectivity index (χ0n) is 16.2. The van der Waals surface area contributed by atoms with Gasteiger partial charge in [0.05, 0.1) is 18.8 Å². The van der Waals surface area contributed by atoms with Gasteiger partial charge < -0.3 is 14.8 Å². The number of halogens is 1. The number of carbonyl (C=O) groups excluding carboxylic acids is 2. The molecular formula is C20H24ClN3O4. The molecule has 0 aliphatic heterocycles. The van der Waals surface area contributed by atoms with Crippen LogP contribution in [0.5, 0.6) is 0 Å². The van der Waals surface area contributed by atoms with Crippen molar-refractivity contribution in [3.63, 3.8) is 0 Å². The maximum atomic E-state index is 11.8. The third-order valence-corrected chi connectivity index (χ3v) is 4.32. The van der Waals surface area contributed by atoms with E-state index < -0.39 is 5.97 Å². The third kappa shape index (κ3) is 6.51. The van der Waals surface area contributed by atoms with Crippen molar-refractivity contribution >= 4 is 29.6 Å². The lowest BCUT2D eigenvalue weighted by Crippen LogP contribution is -2.31. The Hall–Kier alpha value is -2.64. The minimum atomic E-state index is -0.636. The lowest BCUT2D eigenvalue weighted by molar-refractivity contribution is -0.143. The van der Waals surface area contributed by atoms with Crippen LogP contribution >= 0.6 is 11.6 Å². The first-order valence-electron chi connectivity index (χ1n) is 8.79. The Morgan fingerprint density at radius 2 is 1.96 bits per heavy atom. The van der Waals surface area contributed by atoms with E-state index in [1.54, 1.807) is 10.8 Å². The van der Waals surface area contributed by atoms with Crippen LogP contribution in [0.15, 0.2) is 30.3 Å². The predicted octanol–water partition coefficient (Wildman–Crippen LogP) is 2.52. The summed E-state index contributed by atoms with van der Waals surface area (Å²) in [7, 11) is 1.53. The maximum absolute atomic E-state index is 11.8. The molecular weight excluding hydrogens is 382 g/mol.